The zero-order valence-electron chi connectivity index (χ0n) is 12.4. The minimum absolute atomic E-state index is 0.0483. The van der Waals surface area contributed by atoms with E-state index in [9.17, 15) is 4.79 Å². The number of anilines is 1. The van der Waals surface area contributed by atoms with Crippen molar-refractivity contribution in [3.05, 3.63) is 33.9 Å². The van der Waals surface area contributed by atoms with Crippen molar-refractivity contribution in [1.29, 1.82) is 0 Å². The second-order valence-electron chi connectivity index (χ2n) is 4.99. The van der Waals surface area contributed by atoms with Crippen LogP contribution < -0.4 is 10.2 Å². The molecule has 0 saturated carbocycles. The molecule has 116 valence electrons. The first-order valence-electron chi connectivity index (χ1n) is 7.02. The molecular weight excluding hydrogens is 302 g/mol. The fourth-order valence-electron chi connectivity index (χ4n) is 2.27. The van der Waals surface area contributed by atoms with E-state index in [1.165, 1.54) is 0 Å². The Kier molecular flexibility index (Phi) is 4.30. The van der Waals surface area contributed by atoms with Gasteiger partial charge in [0, 0.05) is 24.7 Å². The molecule has 0 bridgehead atoms. The van der Waals surface area contributed by atoms with Gasteiger partial charge in [-0.3, -0.25) is 4.79 Å². The smallest absolute Gasteiger partial charge is 0.271 e. The first-order chi connectivity index (χ1) is 10.7. The topological polar surface area (TPSA) is 80.2 Å². The molecule has 22 heavy (non-hydrogen) atoms. The molecule has 3 rings (SSSR count). The Balaban J connectivity index is 1.73. The van der Waals surface area contributed by atoms with Gasteiger partial charge in [-0.2, -0.15) is 0 Å². The van der Waals surface area contributed by atoms with Gasteiger partial charge in [0.05, 0.1) is 13.2 Å². The van der Waals surface area contributed by atoms with Crippen molar-refractivity contribution in [2.75, 3.05) is 31.6 Å². The Bertz CT molecular complexity index is 658. The molecule has 8 heteroatoms. The van der Waals surface area contributed by atoms with Gasteiger partial charge >= 0.3 is 0 Å². The molecule has 1 saturated heterocycles. The molecule has 1 unspecified atom stereocenters. The Morgan fingerprint density at radius 1 is 1.45 bits per heavy atom. The largest absolute Gasteiger partial charge is 0.367 e. The highest BCUT2D eigenvalue weighted by Crippen LogP contribution is 2.27. The van der Waals surface area contributed by atoms with E-state index in [1.807, 2.05) is 18.4 Å². The van der Waals surface area contributed by atoms with Crippen molar-refractivity contribution in [3.63, 3.8) is 0 Å². The van der Waals surface area contributed by atoms with E-state index in [0.29, 0.717) is 18.8 Å². The molecule has 0 radical (unpaired) electrons. The number of morpholine rings is 1. The van der Waals surface area contributed by atoms with Gasteiger partial charge < -0.3 is 15.0 Å². The molecule has 1 amide bonds. The molecule has 1 fully saturated rings. The van der Waals surface area contributed by atoms with Gasteiger partial charge in [0.15, 0.2) is 11.5 Å². The van der Waals surface area contributed by atoms with Crippen LogP contribution in [0.4, 0.5) is 5.82 Å². The van der Waals surface area contributed by atoms with E-state index in [-0.39, 0.29) is 12.0 Å². The van der Waals surface area contributed by atoms with Gasteiger partial charge in [-0.1, -0.05) is 0 Å². The summed E-state index contributed by atoms with van der Waals surface area (Å²) in [6.45, 7) is 4.02. The summed E-state index contributed by atoms with van der Waals surface area (Å²) in [5, 5.41) is 13.7. The third-order valence-electron chi connectivity index (χ3n) is 3.41. The number of ether oxygens (including phenoxy) is 1. The molecule has 1 aliphatic heterocycles. The molecule has 0 aliphatic carbocycles. The normalized spacial score (nSPS) is 18.3. The maximum Gasteiger partial charge on any atom is 0.271 e. The number of hydrogen-bond acceptors (Lipinski definition) is 7. The molecule has 1 atom stereocenters. The maximum absolute atomic E-state index is 11.5. The van der Waals surface area contributed by atoms with Crippen LogP contribution in [0.1, 0.15) is 27.3 Å². The highest BCUT2D eigenvalue weighted by Gasteiger charge is 2.25. The van der Waals surface area contributed by atoms with Gasteiger partial charge in [0.25, 0.3) is 5.91 Å². The average molecular weight is 319 g/mol. The lowest BCUT2D eigenvalue weighted by atomic mass is 10.2. The van der Waals surface area contributed by atoms with Crippen molar-refractivity contribution in [3.8, 4) is 0 Å². The Labute approximate surface area is 132 Å². The SMILES string of the molecule is CNC(=O)c1ccc(N2CCOC(c3nc(C)cs3)C2)nn1. The highest BCUT2D eigenvalue weighted by molar-refractivity contribution is 7.09. The molecular formula is C14H17N5O2S. The Morgan fingerprint density at radius 2 is 2.32 bits per heavy atom. The van der Waals surface area contributed by atoms with Crippen LogP contribution in [0.3, 0.4) is 0 Å². The summed E-state index contributed by atoms with van der Waals surface area (Å²) in [7, 11) is 1.57. The van der Waals surface area contributed by atoms with E-state index in [0.717, 1.165) is 23.1 Å². The number of hydrogen-bond donors (Lipinski definition) is 1. The molecule has 0 aromatic carbocycles. The van der Waals surface area contributed by atoms with Crippen LogP contribution in [-0.4, -0.2) is 47.8 Å². The lowest BCUT2D eigenvalue weighted by Crippen LogP contribution is -2.39. The molecule has 3 heterocycles. The second kappa shape index (κ2) is 6.37. The zero-order valence-corrected chi connectivity index (χ0v) is 13.3. The minimum Gasteiger partial charge on any atom is -0.367 e. The number of thiazole rings is 1. The van der Waals surface area contributed by atoms with Gasteiger partial charge in [-0.05, 0) is 19.1 Å². The van der Waals surface area contributed by atoms with Crippen LogP contribution in [0.25, 0.3) is 0 Å². The third-order valence-corrected chi connectivity index (χ3v) is 4.47. The van der Waals surface area contributed by atoms with E-state index in [2.05, 4.69) is 25.4 Å². The van der Waals surface area contributed by atoms with Gasteiger partial charge in [-0.15, -0.1) is 21.5 Å². The number of amides is 1. The Hall–Kier alpha value is -2.06. The van der Waals surface area contributed by atoms with Crippen molar-refractivity contribution in [2.45, 2.75) is 13.0 Å². The molecule has 2 aromatic heterocycles. The van der Waals surface area contributed by atoms with Crippen molar-refractivity contribution < 1.29 is 9.53 Å². The van der Waals surface area contributed by atoms with Gasteiger partial charge in [-0.25, -0.2) is 4.98 Å². The number of nitrogens with one attached hydrogen (secondary N) is 1. The standard InChI is InChI=1S/C14H17N5O2S/c1-9-8-22-14(16-9)11-7-19(5-6-21-11)12-4-3-10(17-18-12)13(20)15-2/h3-4,8,11H,5-7H2,1-2H3,(H,15,20). The average Bonchev–Trinajstić information content (AvgIpc) is 3.01. The Morgan fingerprint density at radius 3 is 2.95 bits per heavy atom. The number of carbonyl (C=O) groups excluding carboxylic acids is 1. The van der Waals surface area contributed by atoms with Crippen molar-refractivity contribution >= 4 is 23.1 Å². The quantitative estimate of drug-likeness (QED) is 0.915. The maximum atomic E-state index is 11.5. The molecule has 1 aliphatic rings. The van der Waals surface area contributed by atoms with E-state index >= 15 is 0 Å². The van der Waals surface area contributed by atoms with Crippen LogP contribution in [-0.2, 0) is 4.74 Å². The van der Waals surface area contributed by atoms with E-state index in [4.69, 9.17) is 4.74 Å². The zero-order chi connectivity index (χ0) is 15.5. The van der Waals surface area contributed by atoms with Crippen LogP contribution in [0.5, 0.6) is 0 Å². The first-order valence-corrected chi connectivity index (χ1v) is 7.89. The fraction of sp³-hybridized carbons (Fsp3) is 0.429. The number of aryl methyl sites for hydroxylation is 1. The van der Waals surface area contributed by atoms with Crippen LogP contribution in [0.2, 0.25) is 0 Å². The third kappa shape index (κ3) is 3.07. The van der Waals surface area contributed by atoms with Crippen molar-refractivity contribution in [1.82, 2.24) is 20.5 Å². The predicted molar refractivity (Wildman–Crippen MR) is 83.2 cm³/mol. The van der Waals surface area contributed by atoms with E-state index in [1.54, 1.807) is 24.5 Å². The summed E-state index contributed by atoms with van der Waals surface area (Å²) in [6.07, 6.45) is -0.0483. The lowest BCUT2D eigenvalue weighted by Gasteiger charge is -2.32. The number of nitrogens with zero attached hydrogens (tertiary/aromatic N) is 4. The van der Waals surface area contributed by atoms with Crippen molar-refractivity contribution in [2.24, 2.45) is 0 Å². The monoisotopic (exact) mass is 319 g/mol. The summed E-state index contributed by atoms with van der Waals surface area (Å²) in [5.41, 5.74) is 1.32. The summed E-state index contributed by atoms with van der Waals surface area (Å²) >= 11 is 1.61. The number of rotatable bonds is 3. The summed E-state index contributed by atoms with van der Waals surface area (Å²) in [5.74, 6) is 0.506. The van der Waals surface area contributed by atoms with Crippen LogP contribution in [0, 0.1) is 6.92 Å². The predicted octanol–water partition coefficient (Wildman–Crippen LogP) is 1.18. The summed E-state index contributed by atoms with van der Waals surface area (Å²) in [6, 6.07) is 3.49. The van der Waals surface area contributed by atoms with Crippen LogP contribution in [0.15, 0.2) is 17.5 Å². The van der Waals surface area contributed by atoms with Gasteiger partial charge in [0.2, 0.25) is 0 Å². The molecule has 0 spiro atoms. The number of carbonyl (C=O) groups is 1. The fourth-order valence-corrected chi connectivity index (χ4v) is 3.10. The molecule has 2 aromatic rings. The minimum atomic E-state index is -0.239. The molecule has 1 N–H and O–H groups in total. The lowest BCUT2D eigenvalue weighted by molar-refractivity contribution is 0.0392. The number of aromatic nitrogens is 3. The van der Waals surface area contributed by atoms with Crippen LogP contribution >= 0.6 is 11.3 Å². The van der Waals surface area contributed by atoms with Gasteiger partial charge in [0.1, 0.15) is 11.1 Å². The highest BCUT2D eigenvalue weighted by atomic mass is 32.1. The van der Waals surface area contributed by atoms with E-state index < -0.39 is 0 Å². The molecule has 7 nitrogen and oxygen atoms in total. The summed E-state index contributed by atoms with van der Waals surface area (Å²) in [4.78, 5) is 18.1. The second-order valence-corrected chi connectivity index (χ2v) is 5.88. The summed E-state index contributed by atoms with van der Waals surface area (Å²) < 4.78 is 5.80. The first kappa shape index (κ1) is 14.9.